The molecule has 1 aliphatic carbocycles. The average molecular weight is 1130 g/mol. The molecule has 0 spiro atoms. The molecule has 1 aromatic heterocycles. The highest BCUT2D eigenvalue weighted by Gasteiger charge is 2.42. The van der Waals surface area contributed by atoms with Crippen molar-refractivity contribution in [3.05, 3.63) is 65.1 Å². The number of carbonyl (C=O) groups excluding carboxylic acids is 6. The highest BCUT2D eigenvalue weighted by molar-refractivity contribution is 6.38. The Kier molecular flexibility index (Phi) is 24.7. The molecule has 0 aromatic carbocycles. The Hall–Kier alpha value is -5.14. The van der Waals surface area contributed by atoms with Crippen molar-refractivity contribution in [2.75, 3.05) is 71.0 Å². The molecule has 1 N–H and O–H groups in total. The third-order valence-electron chi connectivity index (χ3n) is 17.7. The molecule has 4 fully saturated rings. The first-order chi connectivity index (χ1) is 39.0. The number of ether oxygens (including phenoxy) is 5. The summed E-state index contributed by atoms with van der Waals surface area (Å²) in [5.41, 5.74) is 3.39. The minimum absolute atomic E-state index is 0.0602. The number of hydrogen-bond donors (Lipinski definition) is 1. The number of carbonyl (C=O) groups is 6. The molecule has 2 amide bonds. The molecule has 448 valence electrons. The van der Waals surface area contributed by atoms with E-state index in [1.54, 1.807) is 31.9 Å². The van der Waals surface area contributed by atoms with Crippen molar-refractivity contribution in [3.8, 4) is 0 Å². The first kappa shape index (κ1) is 63.4. The number of aliphatic hydroxyl groups excluding tert-OH is 1. The number of Topliss-reactive ketones (excluding diaryl/α,β-unsaturated/α-hetero) is 3. The minimum atomic E-state index is -1.06. The van der Waals surface area contributed by atoms with Gasteiger partial charge in [-0.15, -0.1) is 0 Å². The van der Waals surface area contributed by atoms with Crippen molar-refractivity contribution in [1.29, 1.82) is 0 Å². The summed E-state index contributed by atoms with van der Waals surface area (Å²) in [4.78, 5) is 101. The average Bonchev–Trinajstić information content (AvgIpc) is 3.61. The monoisotopic (exact) mass is 1130 g/mol. The van der Waals surface area contributed by atoms with Crippen LogP contribution < -0.4 is 4.90 Å². The van der Waals surface area contributed by atoms with E-state index >= 15 is 0 Å². The first-order valence-electron chi connectivity index (χ1n) is 30.5. The summed E-state index contributed by atoms with van der Waals surface area (Å²) in [6.07, 6.45) is 18.3. The number of rotatable bonds is 10. The molecule has 2 unspecified atom stereocenters. The fourth-order valence-corrected chi connectivity index (χ4v) is 12.4. The predicted octanol–water partition coefficient (Wildman–Crippen LogP) is 8.27. The lowest BCUT2D eigenvalue weighted by molar-refractivity contribution is -0.167. The van der Waals surface area contributed by atoms with Gasteiger partial charge in [0.05, 0.1) is 37.2 Å². The maximum Gasteiger partial charge on any atom is 0.410 e. The molecule has 1 aromatic rings. The Morgan fingerprint density at radius 1 is 0.827 bits per heavy atom. The lowest BCUT2D eigenvalue weighted by atomic mass is 9.83. The molecule has 3 saturated heterocycles. The number of aromatic nitrogens is 2. The van der Waals surface area contributed by atoms with Gasteiger partial charge in [0.2, 0.25) is 11.7 Å². The van der Waals surface area contributed by atoms with E-state index in [0.29, 0.717) is 102 Å². The van der Waals surface area contributed by atoms with Crippen molar-refractivity contribution in [3.63, 3.8) is 0 Å². The summed E-state index contributed by atoms with van der Waals surface area (Å²) in [6.45, 7) is 18.5. The van der Waals surface area contributed by atoms with Crippen LogP contribution in [0.4, 0.5) is 10.7 Å². The highest BCUT2D eigenvalue weighted by Crippen LogP contribution is 2.33. The standard InChI is InChI=1S/C63H94N6O12/c1-8-78-34-33-66-29-31-67(32-30-66)62-64-40-48-41-68(28-26-52(48)65-62)63(76)81-49-23-20-47(21-24-49)22-25-51-37-54(70)45(5)36-46(6)56(72)39-55(71)44(4)35-42(2)15-10-9-11-16-43(3)58(77-7)38-50-17-14-19-57(79-50)59(73)60(74)69-27-13-12-18-53(69)61(75)80-51/h9-11,15-16,36,40,42,44-45,47,49-51,53,56-58,72H,8,12-14,17-35,37-39,41H2,1-7H3/b11-9+,15-10+,43-16+,46-36+/t42-,44-,45-,47-,49-,50?,51-,53+,56+,57?,58+/m1/s1. The van der Waals surface area contributed by atoms with E-state index < -0.39 is 47.9 Å². The van der Waals surface area contributed by atoms with E-state index in [0.717, 1.165) is 81.6 Å². The van der Waals surface area contributed by atoms with E-state index in [2.05, 4.69) is 16.7 Å². The lowest BCUT2D eigenvalue weighted by Crippen LogP contribution is -2.54. The molecule has 18 nitrogen and oxygen atoms in total. The number of hydrogen-bond acceptors (Lipinski definition) is 16. The molecule has 1 saturated carbocycles. The predicted molar refractivity (Wildman–Crippen MR) is 308 cm³/mol. The van der Waals surface area contributed by atoms with Gasteiger partial charge in [-0.3, -0.25) is 24.1 Å². The molecule has 5 aliphatic heterocycles. The third-order valence-corrected chi connectivity index (χ3v) is 17.7. The zero-order valence-corrected chi connectivity index (χ0v) is 49.6. The van der Waals surface area contributed by atoms with Crippen LogP contribution in [0.1, 0.15) is 156 Å². The summed E-state index contributed by atoms with van der Waals surface area (Å²) in [5, 5.41) is 11.2. The van der Waals surface area contributed by atoms with Crippen LogP contribution in [-0.4, -0.2) is 174 Å². The molecule has 18 heteroatoms. The van der Waals surface area contributed by atoms with E-state index in [1.165, 1.54) is 4.90 Å². The molecule has 7 rings (SSSR count). The zero-order chi connectivity index (χ0) is 58.0. The second-order valence-electron chi connectivity index (χ2n) is 23.9. The number of allylic oxidation sites excluding steroid dienone is 6. The minimum Gasteiger partial charge on any atom is -0.460 e. The summed E-state index contributed by atoms with van der Waals surface area (Å²) < 4.78 is 30.1. The number of methoxy groups -OCH3 is 1. The number of piperidine rings is 1. The Labute approximate surface area is 481 Å². The van der Waals surface area contributed by atoms with Crippen LogP contribution in [-0.2, 0) is 60.6 Å². The Morgan fingerprint density at radius 3 is 2.36 bits per heavy atom. The number of amides is 2. The maximum atomic E-state index is 14.4. The highest BCUT2D eigenvalue weighted by atomic mass is 16.6. The van der Waals surface area contributed by atoms with E-state index in [9.17, 15) is 33.9 Å². The largest absolute Gasteiger partial charge is 0.460 e. The van der Waals surface area contributed by atoms with E-state index in [4.69, 9.17) is 33.7 Å². The van der Waals surface area contributed by atoms with Gasteiger partial charge < -0.3 is 43.5 Å². The quantitative estimate of drug-likeness (QED) is 0.101. The lowest BCUT2D eigenvalue weighted by Gasteiger charge is -2.36. The number of aliphatic hydroxyl groups is 1. The molecule has 6 heterocycles. The second-order valence-corrected chi connectivity index (χ2v) is 23.9. The van der Waals surface area contributed by atoms with Crippen LogP contribution >= 0.6 is 0 Å². The van der Waals surface area contributed by atoms with Gasteiger partial charge >= 0.3 is 12.1 Å². The summed E-state index contributed by atoms with van der Waals surface area (Å²) >= 11 is 0. The normalized spacial score (nSPS) is 32.8. The molecule has 6 aliphatic rings. The van der Waals surface area contributed by atoms with Gasteiger partial charge in [0.25, 0.3) is 5.91 Å². The molecule has 81 heavy (non-hydrogen) atoms. The molecule has 9 atom stereocenters. The van der Waals surface area contributed by atoms with Crippen LogP contribution in [0.2, 0.25) is 0 Å². The van der Waals surface area contributed by atoms with Crippen molar-refractivity contribution in [1.82, 2.24) is 24.7 Å². The Bertz CT molecular complexity index is 2410. The van der Waals surface area contributed by atoms with Crippen molar-refractivity contribution < 1.29 is 57.6 Å². The van der Waals surface area contributed by atoms with Gasteiger partial charge in [0, 0.05) is 109 Å². The van der Waals surface area contributed by atoms with Crippen molar-refractivity contribution >= 4 is 41.3 Å². The fourth-order valence-electron chi connectivity index (χ4n) is 12.4. The van der Waals surface area contributed by atoms with E-state index in [-0.39, 0.29) is 73.1 Å². The smallest absolute Gasteiger partial charge is 0.410 e. The first-order valence-corrected chi connectivity index (χ1v) is 30.5. The van der Waals surface area contributed by atoms with Crippen LogP contribution in [0.25, 0.3) is 0 Å². The molecule has 0 radical (unpaired) electrons. The number of cyclic esters (lactones) is 1. The Balaban J connectivity index is 0.978. The SMILES string of the molecule is CCOCCN1CCN(c2ncc3c(n2)CCN(C(=O)O[C@H]2CC[C@H](CC[C@@H]4CC(=O)[C@H](C)/C=C(\C)[C@@H](O)CC(=O)[C@H](C)C[C@H](C)/C=C/C=C/C=C(\C)[C@@H](OC)CC5CCCC(O5)C(=O)C(=O)N5CCCC[C@H]5C(=O)O4)CC2)C3)CC1. The number of nitrogens with zero attached hydrogens (tertiary/aromatic N) is 6. The second kappa shape index (κ2) is 31.5. The van der Waals surface area contributed by atoms with Gasteiger partial charge in [-0.1, -0.05) is 57.2 Å². The van der Waals surface area contributed by atoms with Crippen molar-refractivity contribution in [2.24, 2.45) is 23.7 Å². The topological polar surface area (TPSA) is 208 Å². The molecular formula is C63H94N6O12. The van der Waals surface area contributed by atoms with Crippen molar-refractivity contribution in [2.45, 2.75) is 200 Å². The zero-order valence-electron chi connectivity index (χ0n) is 49.6. The fraction of sp³-hybridized carbons (Fsp3) is 0.714. The van der Waals surface area contributed by atoms with E-state index in [1.807, 2.05) is 57.3 Å². The van der Waals surface area contributed by atoms with Gasteiger partial charge in [-0.25, -0.2) is 19.6 Å². The number of piperazine rings is 1. The summed E-state index contributed by atoms with van der Waals surface area (Å²) in [7, 11) is 1.64. The third kappa shape index (κ3) is 18.7. The van der Waals surface area contributed by atoms with Crippen LogP contribution in [0.3, 0.4) is 0 Å². The van der Waals surface area contributed by atoms with Gasteiger partial charge in [-0.2, -0.15) is 0 Å². The molecular weight excluding hydrogens is 1030 g/mol. The van der Waals surface area contributed by atoms with Gasteiger partial charge in [0.15, 0.2) is 0 Å². The maximum absolute atomic E-state index is 14.4. The number of fused-ring (bicyclic) bond motifs is 4. The summed E-state index contributed by atoms with van der Waals surface area (Å²) in [6, 6.07) is -0.999. The number of ketones is 3. The van der Waals surface area contributed by atoms with Crippen LogP contribution in [0, 0.1) is 23.7 Å². The molecule has 2 bridgehead atoms. The van der Waals surface area contributed by atoms with Gasteiger partial charge in [-0.05, 0) is 127 Å². The summed E-state index contributed by atoms with van der Waals surface area (Å²) in [5.74, 6) is -2.21. The number of esters is 1. The van der Waals surface area contributed by atoms with Crippen LogP contribution in [0.15, 0.2) is 53.8 Å². The Morgan fingerprint density at radius 2 is 1.60 bits per heavy atom. The number of anilines is 1. The van der Waals surface area contributed by atoms with Crippen LogP contribution in [0.5, 0.6) is 0 Å². The van der Waals surface area contributed by atoms with Gasteiger partial charge in [0.1, 0.15) is 35.9 Å².